The van der Waals surface area contributed by atoms with E-state index in [1.165, 1.54) is 0 Å². The number of hydrogen-bond acceptors (Lipinski definition) is 6. The highest BCUT2D eigenvalue weighted by atomic mass is 16.4. The van der Waals surface area contributed by atoms with Crippen LogP contribution in [0.25, 0.3) is 11.2 Å². The van der Waals surface area contributed by atoms with E-state index in [0.717, 1.165) is 16.7 Å². The lowest BCUT2D eigenvalue weighted by Gasteiger charge is -2.02. The van der Waals surface area contributed by atoms with Crippen LogP contribution in [0, 0.1) is 0 Å². The summed E-state index contributed by atoms with van der Waals surface area (Å²) in [7, 11) is 0. The minimum atomic E-state index is -0.961. The summed E-state index contributed by atoms with van der Waals surface area (Å²) in [5.74, 6) is -1.44. The van der Waals surface area contributed by atoms with Crippen molar-refractivity contribution in [3.05, 3.63) is 89.2 Å². The van der Waals surface area contributed by atoms with E-state index < -0.39 is 11.9 Å². The number of aromatic carboxylic acids is 1. The van der Waals surface area contributed by atoms with Crippen LogP contribution in [-0.4, -0.2) is 31.9 Å². The molecular weight excluding hydrogens is 372 g/mol. The van der Waals surface area contributed by atoms with Gasteiger partial charge in [0.1, 0.15) is 5.52 Å². The summed E-state index contributed by atoms with van der Waals surface area (Å²) >= 11 is 0. The number of carboxylic acid groups (broad SMARTS) is 1. The highest BCUT2D eigenvalue weighted by Crippen LogP contribution is 2.17. The summed E-state index contributed by atoms with van der Waals surface area (Å²) in [5, 5.41) is 11.7. The van der Waals surface area contributed by atoms with E-state index in [1.807, 2.05) is 12.1 Å². The molecule has 144 valence electrons. The van der Waals surface area contributed by atoms with Gasteiger partial charge in [0.25, 0.3) is 5.89 Å². The van der Waals surface area contributed by atoms with Crippen molar-refractivity contribution in [1.29, 1.82) is 0 Å². The summed E-state index contributed by atoms with van der Waals surface area (Å²) in [6.07, 6.45) is 5.51. The summed E-state index contributed by atoms with van der Waals surface area (Å²) in [6, 6.07) is 12.1. The molecule has 8 nitrogen and oxygen atoms in total. The maximum atomic E-state index is 12.3. The molecule has 0 atom stereocenters. The van der Waals surface area contributed by atoms with Gasteiger partial charge in [0.15, 0.2) is 0 Å². The third-order valence-corrected chi connectivity index (χ3v) is 4.31. The van der Waals surface area contributed by atoms with Gasteiger partial charge in [-0.25, -0.2) is 14.8 Å². The van der Waals surface area contributed by atoms with E-state index in [1.54, 1.807) is 48.9 Å². The molecule has 1 amide bonds. The Morgan fingerprint density at radius 2 is 1.76 bits per heavy atom. The van der Waals surface area contributed by atoms with Crippen molar-refractivity contribution in [3.8, 4) is 0 Å². The van der Waals surface area contributed by atoms with Crippen LogP contribution in [0.2, 0.25) is 0 Å². The zero-order valence-corrected chi connectivity index (χ0v) is 15.2. The Morgan fingerprint density at radius 1 is 1.00 bits per heavy atom. The van der Waals surface area contributed by atoms with Gasteiger partial charge in [0.2, 0.25) is 5.71 Å². The molecular formula is C21H16N4O4. The molecule has 8 heteroatoms. The van der Waals surface area contributed by atoms with Crippen molar-refractivity contribution >= 4 is 23.1 Å². The first-order chi connectivity index (χ1) is 14.1. The predicted octanol–water partition coefficient (Wildman–Crippen LogP) is 2.84. The van der Waals surface area contributed by atoms with Crippen molar-refractivity contribution in [2.45, 2.75) is 13.0 Å². The fourth-order valence-corrected chi connectivity index (χ4v) is 2.82. The number of fused-ring (bicyclic) bond motifs is 1. The van der Waals surface area contributed by atoms with Gasteiger partial charge in [0.05, 0.1) is 5.56 Å². The number of carbonyl (C=O) groups is 2. The van der Waals surface area contributed by atoms with Gasteiger partial charge >= 0.3 is 11.9 Å². The summed E-state index contributed by atoms with van der Waals surface area (Å²) in [6.45, 7) is 0.338. The number of hydrogen-bond donors (Lipinski definition) is 2. The number of carboxylic acids is 1. The Hall–Kier alpha value is -4.07. The Morgan fingerprint density at radius 3 is 2.48 bits per heavy atom. The van der Waals surface area contributed by atoms with Crippen LogP contribution in [-0.2, 0) is 13.0 Å². The highest BCUT2D eigenvalue weighted by Gasteiger charge is 2.15. The molecule has 3 aromatic heterocycles. The van der Waals surface area contributed by atoms with Gasteiger partial charge in [-0.05, 0) is 53.4 Å². The van der Waals surface area contributed by atoms with E-state index >= 15 is 0 Å². The van der Waals surface area contributed by atoms with Gasteiger partial charge < -0.3 is 14.8 Å². The monoisotopic (exact) mass is 388 g/mol. The van der Waals surface area contributed by atoms with Crippen LogP contribution in [0.15, 0.2) is 65.5 Å². The molecule has 0 unspecified atom stereocenters. The Labute approximate surface area is 165 Å². The molecule has 4 rings (SSSR count). The number of amides is 1. The van der Waals surface area contributed by atoms with E-state index in [9.17, 15) is 9.59 Å². The van der Waals surface area contributed by atoms with Crippen LogP contribution in [0.3, 0.4) is 0 Å². The molecule has 0 aliphatic rings. The molecule has 0 aliphatic heterocycles. The molecule has 0 spiro atoms. The zero-order valence-electron chi connectivity index (χ0n) is 15.2. The molecule has 0 aliphatic carbocycles. The third kappa shape index (κ3) is 4.27. The van der Waals surface area contributed by atoms with Gasteiger partial charge in [-0.1, -0.05) is 12.1 Å². The number of aromatic nitrogens is 3. The smallest absolute Gasteiger partial charge is 0.335 e. The maximum absolute atomic E-state index is 12.3. The summed E-state index contributed by atoms with van der Waals surface area (Å²) in [4.78, 5) is 35.6. The Bertz CT molecular complexity index is 1170. The van der Waals surface area contributed by atoms with Crippen LogP contribution in [0.1, 0.15) is 37.7 Å². The molecule has 0 bridgehead atoms. The van der Waals surface area contributed by atoms with Gasteiger partial charge in [-0.2, -0.15) is 0 Å². The molecule has 4 aromatic rings. The first-order valence-electron chi connectivity index (χ1n) is 8.83. The first kappa shape index (κ1) is 18.3. The SMILES string of the molecule is O=C(O)c1ccc(Cc2cnc3oc(C(=O)NCc4ccncc4)nc3c2)cc1. The molecule has 0 radical (unpaired) electrons. The number of pyridine rings is 2. The fourth-order valence-electron chi connectivity index (χ4n) is 2.82. The second-order valence-corrected chi connectivity index (χ2v) is 6.40. The lowest BCUT2D eigenvalue weighted by molar-refractivity contribution is 0.0696. The number of rotatable bonds is 6. The number of oxazole rings is 1. The quantitative estimate of drug-likeness (QED) is 0.521. The van der Waals surface area contributed by atoms with Crippen LogP contribution in [0.4, 0.5) is 0 Å². The minimum absolute atomic E-state index is 0.0514. The average Bonchev–Trinajstić information content (AvgIpc) is 3.17. The summed E-state index contributed by atoms with van der Waals surface area (Å²) < 4.78 is 5.45. The number of nitrogens with zero attached hydrogens (tertiary/aromatic N) is 3. The van der Waals surface area contributed by atoms with Crippen molar-refractivity contribution in [2.75, 3.05) is 0 Å². The van der Waals surface area contributed by atoms with Crippen molar-refractivity contribution in [1.82, 2.24) is 20.3 Å². The fraction of sp³-hybridized carbons (Fsp3) is 0.0952. The lowest BCUT2D eigenvalue weighted by Crippen LogP contribution is -2.23. The lowest BCUT2D eigenvalue weighted by atomic mass is 10.0. The number of carbonyl (C=O) groups excluding carboxylic acids is 1. The third-order valence-electron chi connectivity index (χ3n) is 4.31. The number of nitrogens with one attached hydrogen (secondary N) is 1. The minimum Gasteiger partial charge on any atom is -0.478 e. The highest BCUT2D eigenvalue weighted by molar-refractivity contribution is 5.91. The van der Waals surface area contributed by atoms with E-state index in [2.05, 4.69) is 20.3 Å². The van der Waals surface area contributed by atoms with E-state index in [-0.39, 0.29) is 17.2 Å². The maximum Gasteiger partial charge on any atom is 0.335 e. The van der Waals surface area contributed by atoms with Gasteiger partial charge in [-0.3, -0.25) is 9.78 Å². The molecule has 0 fully saturated rings. The molecule has 0 saturated heterocycles. The topological polar surface area (TPSA) is 118 Å². The van der Waals surface area contributed by atoms with E-state index in [0.29, 0.717) is 18.5 Å². The second kappa shape index (κ2) is 7.89. The Kier molecular flexibility index (Phi) is 4.98. The number of benzene rings is 1. The molecule has 0 saturated carbocycles. The normalized spacial score (nSPS) is 10.8. The Balaban J connectivity index is 1.47. The predicted molar refractivity (Wildman–Crippen MR) is 103 cm³/mol. The molecule has 3 heterocycles. The van der Waals surface area contributed by atoms with Crippen molar-refractivity contribution in [3.63, 3.8) is 0 Å². The van der Waals surface area contributed by atoms with Gasteiger partial charge in [-0.15, -0.1) is 0 Å². The van der Waals surface area contributed by atoms with Crippen LogP contribution < -0.4 is 5.32 Å². The van der Waals surface area contributed by atoms with Crippen molar-refractivity contribution in [2.24, 2.45) is 0 Å². The second-order valence-electron chi connectivity index (χ2n) is 6.40. The molecule has 29 heavy (non-hydrogen) atoms. The first-order valence-corrected chi connectivity index (χ1v) is 8.83. The zero-order chi connectivity index (χ0) is 20.2. The molecule has 1 aromatic carbocycles. The van der Waals surface area contributed by atoms with E-state index in [4.69, 9.17) is 9.52 Å². The van der Waals surface area contributed by atoms with Crippen LogP contribution in [0.5, 0.6) is 0 Å². The summed E-state index contributed by atoms with van der Waals surface area (Å²) in [5.41, 5.74) is 3.73. The largest absolute Gasteiger partial charge is 0.478 e. The standard InChI is InChI=1S/C21H16N4O4/c26-18(23-11-14-5-7-22-8-6-14)20-25-17-10-15(12-24-19(17)29-20)9-13-1-3-16(4-2-13)21(27)28/h1-8,10,12H,9,11H2,(H,23,26)(H,27,28). The van der Waals surface area contributed by atoms with Crippen LogP contribution >= 0.6 is 0 Å². The van der Waals surface area contributed by atoms with Gasteiger partial charge in [0, 0.05) is 25.1 Å². The molecule has 2 N–H and O–H groups in total. The average molecular weight is 388 g/mol. The van der Waals surface area contributed by atoms with Crippen molar-refractivity contribution < 1.29 is 19.1 Å².